The van der Waals surface area contributed by atoms with Gasteiger partial charge in [0.1, 0.15) is 12.2 Å². The summed E-state index contributed by atoms with van der Waals surface area (Å²) in [6, 6.07) is 2.03. The molecule has 0 radical (unpaired) electrons. The summed E-state index contributed by atoms with van der Waals surface area (Å²) in [6.45, 7) is 11.7. The molecule has 3 rings (SSSR count). The molecular weight excluding hydrogens is 414 g/mol. The zero-order valence-corrected chi connectivity index (χ0v) is 19.9. The maximum absolute atomic E-state index is 13.4. The fraction of sp³-hybridized carbons (Fsp3) is 0.591. The number of rotatable bonds is 7. The molecule has 0 atom stereocenters. The van der Waals surface area contributed by atoms with Crippen LogP contribution in [0.1, 0.15) is 47.8 Å². The van der Waals surface area contributed by atoms with Gasteiger partial charge in [0.05, 0.1) is 4.90 Å². The van der Waals surface area contributed by atoms with Crippen LogP contribution >= 0.6 is 0 Å². The first-order valence-corrected chi connectivity index (χ1v) is 12.3. The molecule has 1 fully saturated rings. The van der Waals surface area contributed by atoms with Gasteiger partial charge in [-0.05, 0) is 69.7 Å². The topological polar surface area (TPSA) is 97.2 Å². The minimum absolute atomic E-state index is 0.0154. The van der Waals surface area contributed by atoms with Crippen molar-refractivity contribution >= 4 is 15.9 Å². The standard InChI is InChI=1S/C22H33N5O3S/c1-6-26-14-24-25-20(26)7-10-23-22(28)19-8-11-27(12-9-19)31(29,30)21-17(4)15(2)13-16(3)18(21)5/h13-14,19H,6-12H2,1-5H3,(H,23,28). The van der Waals surface area contributed by atoms with Crippen LogP contribution in [0.3, 0.4) is 0 Å². The van der Waals surface area contributed by atoms with Gasteiger partial charge in [0.2, 0.25) is 15.9 Å². The Morgan fingerprint density at radius 2 is 1.74 bits per heavy atom. The van der Waals surface area contributed by atoms with E-state index in [0.29, 0.717) is 43.8 Å². The Morgan fingerprint density at radius 3 is 2.32 bits per heavy atom. The van der Waals surface area contributed by atoms with Crippen LogP contribution in [-0.2, 0) is 27.8 Å². The average Bonchev–Trinajstić information content (AvgIpc) is 3.20. The molecule has 1 amide bonds. The number of carbonyl (C=O) groups is 1. The molecule has 2 aromatic rings. The number of piperidine rings is 1. The number of benzene rings is 1. The van der Waals surface area contributed by atoms with Gasteiger partial charge in [-0.15, -0.1) is 10.2 Å². The second-order valence-corrected chi connectivity index (χ2v) is 10.2. The molecule has 0 saturated carbocycles. The van der Waals surface area contributed by atoms with Crippen LogP contribution in [0.2, 0.25) is 0 Å². The lowest BCUT2D eigenvalue weighted by Gasteiger charge is -2.31. The predicted molar refractivity (Wildman–Crippen MR) is 119 cm³/mol. The lowest BCUT2D eigenvalue weighted by atomic mass is 9.97. The van der Waals surface area contributed by atoms with Crippen molar-refractivity contribution in [3.63, 3.8) is 0 Å². The number of aryl methyl sites for hydroxylation is 3. The molecule has 31 heavy (non-hydrogen) atoms. The van der Waals surface area contributed by atoms with Crippen LogP contribution in [0.4, 0.5) is 0 Å². The van der Waals surface area contributed by atoms with E-state index in [-0.39, 0.29) is 11.8 Å². The average molecular weight is 448 g/mol. The van der Waals surface area contributed by atoms with Gasteiger partial charge in [-0.2, -0.15) is 4.31 Å². The van der Waals surface area contributed by atoms with Crippen molar-refractivity contribution in [2.24, 2.45) is 5.92 Å². The summed E-state index contributed by atoms with van der Waals surface area (Å²) in [5, 5.41) is 10.9. The van der Waals surface area contributed by atoms with Gasteiger partial charge in [-0.1, -0.05) is 6.07 Å². The third kappa shape index (κ3) is 4.82. The van der Waals surface area contributed by atoms with Crippen LogP contribution in [0.5, 0.6) is 0 Å². The van der Waals surface area contributed by atoms with Crippen molar-refractivity contribution in [3.8, 4) is 0 Å². The maximum Gasteiger partial charge on any atom is 0.243 e. The highest BCUT2D eigenvalue weighted by Gasteiger charge is 2.34. The van der Waals surface area contributed by atoms with Crippen molar-refractivity contribution in [1.29, 1.82) is 0 Å². The van der Waals surface area contributed by atoms with E-state index in [2.05, 4.69) is 15.5 Å². The molecule has 1 saturated heterocycles. The van der Waals surface area contributed by atoms with Gasteiger partial charge < -0.3 is 9.88 Å². The van der Waals surface area contributed by atoms with Crippen molar-refractivity contribution in [1.82, 2.24) is 24.4 Å². The predicted octanol–water partition coefficient (Wildman–Crippen LogP) is 2.29. The highest BCUT2D eigenvalue weighted by Crippen LogP contribution is 2.31. The Hall–Kier alpha value is -2.26. The molecule has 1 N–H and O–H groups in total. The zero-order valence-electron chi connectivity index (χ0n) is 19.1. The largest absolute Gasteiger partial charge is 0.355 e. The van der Waals surface area contributed by atoms with E-state index in [1.165, 1.54) is 4.31 Å². The lowest BCUT2D eigenvalue weighted by Crippen LogP contribution is -2.43. The zero-order chi connectivity index (χ0) is 22.8. The molecule has 0 aliphatic carbocycles. The number of nitrogens with one attached hydrogen (secondary N) is 1. The number of hydrogen-bond acceptors (Lipinski definition) is 5. The van der Waals surface area contributed by atoms with E-state index in [9.17, 15) is 13.2 Å². The second kappa shape index (κ2) is 9.48. The molecule has 170 valence electrons. The highest BCUT2D eigenvalue weighted by atomic mass is 32.2. The Balaban J connectivity index is 1.59. The molecular formula is C22H33N5O3S. The molecule has 1 aliphatic heterocycles. The van der Waals surface area contributed by atoms with E-state index in [0.717, 1.165) is 34.6 Å². The summed E-state index contributed by atoms with van der Waals surface area (Å²) in [4.78, 5) is 13.0. The van der Waals surface area contributed by atoms with Gasteiger partial charge in [0.25, 0.3) is 0 Å². The number of hydrogen-bond donors (Lipinski definition) is 1. The Bertz CT molecular complexity index is 1030. The van der Waals surface area contributed by atoms with E-state index in [1.807, 2.05) is 45.3 Å². The van der Waals surface area contributed by atoms with E-state index >= 15 is 0 Å². The van der Waals surface area contributed by atoms with Gasteiger partial charge in [0.15, 0.2) is 0 Å². The fourth-order valence-corrected chi connectivity index (χ4v) is 6.28. The van der Waals surface area contributed by atoms with Gasteiger partial charge in [-0.25, -0.2) is 8.42 Å². The molecule has 1 aliphatic rings. The van der Waals surface area contributed by atoms with Crippen molar-refractivity contribution in [2.45, 2.75) is 65.3 Å². The quantitative estimate of drug-likeness (QED) is 0.702. The Labute approximate surface area is 185 Å². The van der Waals surface area contributed by atoms with Gasteiger partial charge in [0, 0.05) is 38.5 Å². The molecule has 8 nitrogen and oxygen atoms in total. The minimum atomic E-state index is -3.59. The molecule has 1 aromatic carbocycles. The number of nitrogens with zero attached hydrogens (tertiary/aromatic N) is 4. The summed E-state index contributed by atoms with van der Waals surface area (Å²) >= 11 is 0. The van der Waals surface area contributed by atoms with Gasteiger partial charge >= 0.3 is 0 Å². The van der Waals surface area contributed by atoms with Crippen LogP contribution < -0.4 is 5.32 Å². The highest BCUT2D eigenvalue weighted by molar-refractivity contribution is 7.89. The molecule has 9 heteroatoms. The van der Waals surface area contributed by atoms with E-state index in [1.54, 1.807) is 6.33 Å². The van der Waals surface area contributed by atoms with Crippen LogP contribution in [0.25, 0.3) is 0 Å². The second-order valence-electron chi connectivity index (χ2n) is 8.34. The summed E-state index contributed by atoms with van der Waals surface area (Å²) in [5.41, 5.74) is 3.58. The summed E-state index contributed by atoms with van der Waals surface area (Å²) < 4.78 is 30.3. The first kappa shape index (κ1) is 23.4. The van der Waals surface area contributed by atoms with Crippen molar-refractivity contribution in [3.05, 3.63) is 40.5 Å². The van der Waals surface area contributed by atoms with Crippen LogP contribution in [0, 0.1) is 33.6 Å². The smallest absolute Gasteiger partial charge is 0.243 e. The third-order valence-electron chi connectivity index (χ3n) is 6.40. The Morgan fingerprint density at radius 1 is 1.13 bits per heavy atom. The maximum atomic E-state index is 13.4. The first-order valence-electron chi connectivity index (χ1n) is 10.9. The summed E-state index contributed by atoms with van der Waals surface area (Å²) in [6.07, 6.45) is 3.36. The lowest BCUT2D eigenvalue weighted by molar-refractivity contribution is -0.126. The summed E-state index contributed by atoms with van der Waals surface area (Å²) in [7, 11) is -3.59. The Kier molecular flexibility index (Phi) is 7.16. The minimum Gasteiger partial charge on any atom is -0.355 e. The van der Waals surface area contributed by atoms with Crippen molar-refractivity contribution in [2.75, 3.05) is 19.6 Å². The van der Waals surface area contributed by atoms with E-state index in [4.69, 9.17) is 0 Å². The number of amides is 1. The SMILES string of the molecule is CCn1cnnc1CCNC(=O)C1CCN(S(=O)(=O)c2c(C)c(C)cc(C)c2C)CC1. The van der Waals surface area contributed by atoms with Crippen LogP contribution in [-0.4, -0.2) is 53.0 Å². The fourth-order valence-electron chi connectivity index (χ4n) is 4.23. The monoisotopic (exact) mass is 447 g/mol. The first-order chi connectivity index (χ1) is 14.7. The van der Waals surface area contributed by atoms with Crippen LogP contribution in [0.15, 0.2) is 17.3 Å². The molecule has 2 heterocycles. The van der Waals surface area contributed by atoms with Gasteiger partial charge in [-0.3, -0.25) is 4.79 Å². The third-order valence-corrected chi connectivity index (χ3v) is 8.58. The molecule has 0 unspecified atom stereocenters. The molecule has 0 spiro atoms. The molecule has 0 bridgehead atoms. The van der Waals surface area contributed by atoms with E-state index < -0.39 is 10.0 Å². The normalized spacial score (nSPS) is 15.9. The summed E-state index contributed by atoms with van der Waals surface area (Å²) in [5.74, 6) is 0.665. The number of aromatic nitrogens is 3. The van der Waals surface area contributed by atoms with Crippen molar-refractivity contribution < 1.29 is 13.2 Å². The number of sulfonamides is 1. The molecule has 1 aromatic heterocycles. The number of carbonyl (C=O) groups excluding carboxylic acids is 1.